The van der Waals surface area contributed by atoms with Gasteiger partial charge < -0.3 is 15.2 Å². The van der Waals surface area contributed by atoms with Crippen LogP contribution in [0.2, 0.25) is 0 Å². The van der Waals surface area contributed by atoms with E-state index >= 15 is 0 Å². The number of aromatic amines is 1. The van der Waals surface area contributed by atoms with Crippen molar-refractivity contribution in [2.75, 3.05) is 0 Å². The topological polar surface area (TPSA) is 107 Å². The van der Waals surface area contributed by atoms with Crippen LogP contribution in [-0.2, 0) is 12.8 Å². The van der Waals surface area contributed by atoms with Gasteiger partial charge in [0.15, 0.2) is 0 Å². The lowest BCUT2D eigenvalue weighted by Gasteiger charge is -2.04. The normalized spacial score (nSPS) is 12.5. The highest BCUT2D eigenvalue weighted by Crippen LogP contribution is 2.22. The number of hydrogen-bond donors (Lipinski definition) is 2. The van der Waals surface area contributed by atoms with Gasteiger partial charge in [0.25, 0.3) is 0 Å². The number of imidazole rings is 1. The Bertz CT molecular complexity index is 706. The smallest absolute Gasteiger partial charge is 0.244 e. The fourth-order valence-corrected chi connectivity index (χ4v) is 2.14. The summed E-state index contributed by atoms with van der Waals surface area (Å²) < 4.78 is 5.29. The zero-order valence-corrected chi connectivity index (χ0v) is 11.7. The maximum absolute atomic E-state index is 6.09. The maximum atomic E-state index is 6.09. The summed E-state index contributed by atoms with van der Waals surface area (Å²) in [4.78, 5) is 15.5. The van der Waals surface area contributed by atoms with Crippen LogP contribution in [0.5, 0.6) is 0 Å². The average Bonchev–Trinajstić information content (AvgIpc) is 3.18. The van der Waals surface area contributed by atoms with E-state index < -0.39 is 0 Å². The Morgan fingerprint density at radius 2 is 2.24 bits per heavy atom. The van der Waals surface area contributed by atoms with Gasteiger partial charge in [-0.1, -0.05) is 12.1 Å². The summed E-state index contributed by atoms with van der Waals surface area (Å²) in [5.74, 6) is 0.961. The van der Waals surface area contributed by atoms with E-state index in [1.807, 2.05) is 12.3 Å². The lowest BCUT2D eigenvalue weighted by molar-refractivity contribution is 0.354. The third kappa shape index (κ3) is 2.82. The predicted octanol–water partition coefficient (Wildman–Crippen LogP) is 1.66. The second-order valence-corrected chi connectivity index (χ2v) is 4.73. The van der Waals surface area contributed by atoms with Crippen LogP contribution in [0.25, 0.3) is 11.4 Å². The molecule has 7 nitrogen and oxygen atoms in total. The first kappa shape index (κ1) is 13.4. The SMILES string of the molecule is CCc1cnccc1-c1noc(C(N)Cc2cnc[nH]2)n1. The van der Waals surface area contributed by atoms with Crippen molar-refractivity contribution in [1.82, 2.24) is 25.1 Å². The lowest BCUT2D eigenvalue weighted by atomic mass is 10.1. The largest absolute Gasteiger partial charge is 0.348 e. The fraction of sp³-hybridized carbons (Fsp3) is 0.286. The third-order valence-electron chi connectivity index (χ3n) is 3.28. The number of rotatable bonds is 5. The Morgan fingerprint density at radius 3 is 3.00 bits per heavy atom. The molecule has 0 aromatic carbocycles. The van der Waals surface area contributed by atoms with Gasteiger partial charge in [0.2, 0.25) is 11.7 Å². The molecule has 3 aromatic heterocycles. The third-order valence-corrected chi connectivity index (χ3v) is 3.28. The number of nitrogens with two attached hydrogens (primary N) is 1. The van der Waals surface area contributed by atoms with Crippen LogP contribution < -0.4 is 5.73 Å². The molecular weight excluding hydrogens is 268 g/mol. The van der Waals surface area contributed by atoms with Crippen molar-refractivity contribution in [1.29, 1.82) is 0 Å². The van der Waals surface area contributed by atoms with E-state index in [0.29, 0.717) is 18.1 Å². The van der Waals surface area contributed by atoms with E-state index in [0.717, 1.165) is 23.2 Å². The summed E-state index contributed by atoms with van der Waals surface area (Å²) in [6.45, 7) is 2.06. The van der Waals surface area contributed by atoms with Gasteiger partial charge in [-0.25, -0.2) is 4.98 Å². The number of nitrogens with zero attached hydrogens (tertiary/aromatic N) is 4. The van der Waals surface area contributed by atoms with Crippen LogP contribution in [0.3, 0.4) is 0 Å². The molecule has 1 unspecified atom stereocenters. The van der Waals surface area contributed by atoms with Gasteiger partial charge in [-0.15, -0.1) is 0 Å². The highest BCUT2D eigenvalue weighted by Gasteiger charge is 2.18. The zero-order chi connectivity index (χ0) is 14.7. The first-order chi connectivity index (χ1) is 10.3. The molecule has 0 radical (unpaired) electrons. The first-order valence-corrected chi connectivity index (χ1v) is 6.77. The number of hydrogen-bond acceptors (Lipinski definition) is 6. The van der Waals surface area contributed by atoms with Gasteiger partial charge in [-0.05, 0) is 18.1 Å². The van der Waals surface area contributed by atoms with Crippen LogP contribution in [0.15, 0.2) is 35.5 Å². The minimum absolute atomic E-state index is 0.362. The van der Waals surface area contributed by atoms with Crippen LogP contribution in [0.1, 0.15) is 30.1 Å². The summed E-state index contributed by atoms with van der Waals surface area (Å²) in [7, 11) is 0. The van der Waals surface area contributed by atoms with Crippen molar-refractivity contribution >= 4 is 0 Å². The molecule has 3 N–H and O–H groups in total. The van der Waals surface area contributed by atoms with Gasteiger partial charge in [0.05, 0.1) is 12.4 Å². The Balaban J connectivity index is 1.82. The minimum atomic E-state index is -0.362. The van der Waals surface area contributed by atoms with Crippen molar-refractivity contribution in [2.24, 2.45) is 5.73 Å². The zero-order valence-electron chi connectivity index (χ0n) is 11.7. The summed E-state index contributed by atoms with van der Waals surface area (Å²) in [6.07, 6.45) is 8.30. The Morgan fingerprint density at radius 1 is 1.33 bits per heavy atom. The maximum Gasteiger partial charge on any atom is 0.244 e. The predicted molar refractivity (Wildman–Crippen MR) is 76.1 cm³/mol. The van der Waals surface area contributed by atoms with Crippen LogP contribution >= 0.6 is 0 Å². The number of H-pyrrole nitrogens is 1. The van der Waals surface area contributed by atoms with E-state index in [1.165, 1.54) is 0 Å². The summed E-state index contributed by atoms with van der Waals surface area (Å²) >= 11 is 0. The minimum Gasteiger partial charge on any atom is -0.348 e. The number of aryl methyl sites for hydroxylation is 1. The van der Waals surface area contributed by atoms with Gasteiger partial charge in [-0.3, -0.25) is 4.98 Å². The molecule has 0 bridgehead atoms. The molecule has 3 aromatic rings. The second-order valence-electron chi connectivity index (χ2n) is 4.73. The van der Waals surface area contributed by atoms with Crippen molar-refractivity contribution in [3.8, 4) is 11.4 Å². The quantitative estimate of drug-likeness (QED) is 0.738. The van der Waals surface area contributed by atoms with Crippen molar-refractivity contribution in [3.63, 3.8) is 0 Å². The summed E-state index contributed by atoms with van der Waals surface area (Å²) in [5.41, 5.74) is 9.03. The van der Waals surface area contributed by atoms with Gasteiger partial charge in [-0.2, -0.15) is 4.98 Å². The molecule has 0 fully saturated rings. The number of aromatic nitrogens is 5. The Labute approximate surface area is 121 Å². The van der Waals surface area contributed by atoms with E-state index in [2.05, 4.69) is 32.0 Å². The first-order valence-electron chi connectivity index (χ1n) is 6.77. The Kier molecular flexibility index (Phi) is 3.74. The average molecular weight is 284 g/mol. The van der Waals surface area contributed by atoms with E-state index in [-0.39, 0.29) is 6.04 Å². The molecule has 7 heteroatoms. The molecule has 3 heterocycles. The van der Waals surface area contributed by atoms with E-state index in [4.69, 9.17) is 10.3 Å². The lowest BCUT2D eigenvalue weighted by Crippen LogP contribution is -2.14. The van der Waals surface area contributed by atoms with Crippen LogP contribution in [-0.4, -0.2) is 25.1 Å². The molecule has 0 aliphatic rings. The van der Waals surface area contributed by atoms with Crippen molar-refractivity contribution in [2.45, 2.75) is 25.8 Å². The highest BCUT2D eigenvalue weighted by molar-refractivity contribution is 5.58. The molecule has 1 atom stereocenters. The molecule has 0 amide bonds. The second kappa shape index (κ2) is 5.84. The van der Waals surface area contributed by atoms with Gasteiger partial charge in [0.1, 0.15) is 0 Å². The standard InChI is InChI=1S/C14H16N6O/c1-2-9-6-16-4-3-11(9)13-19-14(21-20-13)12(15)5-10-7-17-8-18-10/h3-4,6-8,12H,2,5,15H2,1H3,(H,17,18). The molecule has 0 saturated carbocycles. The van der Waals surface area contributed by atoms with Crippen molar-refractivity contribution in [3.05, 3.63) is 48.1 Å². The molecule has 3 rings (SSSR count). The molecule has 0 spiro atoms. The van der Waals surface area contributed by atoms with Crippen LogP contribution in [0.4, 0.5) is 0 Å². The summed E-state index contributed by atoms with van der Waals surface area (Å²) in [5, 5.41) is 4.03. The number of nitrogens with one attached hydrogen (secondary N) is 1. The molecule has 108 valence electrons. The highest BCUT2D eigenvalue weighted by atomic mass is 16.5. The Hall–Kier alpha value is -2.54. The monoisotopic (exact) mass is 284 g/mol. The van der Waals surface area contributed by atoms with Gasteiger partial charge in [0, 0.05) is 36.3 Å². The van der Waals surface area contributed by atoms with Gasteiger partial charge >= 0.3 is 0 Å². The number of pyridine rings is 1. The van der Waals surface area contributed by atoms with Crippen molar-refractivity contribution < 1.29 is 4.52 Å². The molecule has 0 aliphatic carbocycles. The van der Waals surface area contributed by atoms with Crippen LogP contribution in [0, 0.1) is 0 Å². The molecule has 21 heavy (non-hydrogen) atoms. The van der Waals surface area contributed by atoms with E-state index in [1.54, 1.807) is 18.7 Å². The molecule has 0 saturated heterocycles. The summed E-state index contributed by atoms with van der Waals surface area (Å²) in [6, 6.07) is 1.52. The fourth-order valence-electron chi connectivity index (χ4n) is 2.14. The van der Waals surface area contributed by atoms with E-state index in [9.17, 15) is 0 Å². The molecular formula is C14H16N6O. The molecule has 0 aliphatic heterocycles.